The Bertz CT molecular complexity index is 889. The number of nitrogens with one attached hydrogen (secondary N) is 2. The summed E-state index contributed by atoms with van der Waals surface area (Å²) in [6.45, 7) is 1.07. The van der Waals surface area contributed by atoms with E-state index in [-0.39, 0.29) is 24.3 Å². The number of nitrogens with zero attached hydrogens (tertiary/aromatic N) is 1. The van der Waals surface area contributed by atoms with Gasteiger partial charge in [0.1, 0.15) is 6.04 Å². The minimum absolute atomic E-state index is 0.108. The molecule has 160 valence electrons. The van der Waals surface area contributed by atoms with Gasteiger partial charge in [-0.05, 0) is 30.9 Å². The van der Waals surface area contributed by atoms with Crippen molar-refractivity contribution >= 4 is 23.6 Å². The zero-order valence-electron chi connectivity index (χ0n) is 17.0. The van der Waals surface area contributed by atoms with E-state index in [0.29, 0.717) is 24.2 Å². The van der Waals surface area contributed by atoms with E-state index in [9.17, 15) is 19.2 Å². The van der Waals surface area contributed by atoms with Crippen molar-refractivity contribution in [3.05, 3.63) is 34.9 Å². The van der Waals surface area contributed by atoms with Crippen molar-refractivity contribution in [3.63, 3.8) is 0 Å². The van der Waals surface area contributed by atoms with Crippen LogP contribution < -0.4 is 16.4 Å². The summed E-state index contributed by atoms with van der Waals surface area (Å²) in [6.07, 6.45) is 6.92. The number of imide groups is 2. The van der Waals surface area contributed by atoms with E-state index < -0.39 is 23.8 Å². The zero-order valence-corrected chi connectivity index (χ0v) is 17.0. The molecule has 1 atom stereocenters. The summed E-state index contributed by atoms with van der Waals surface area (Å²) in [5.74, 6) is -1.94. The third kappa shape index (κ3) is 3.89. The van der Waals surface area contributed by atoms with E-state index in [1.807, 2.05) is 6.07 Å². The maximum absolute atomic E-state index is 13.1. The highest BCUT2D eigenvalue weighted by molar-refractivity contribution is 6.24. The van der Waals surface area contributed by atoms with Crippen LogP contribution in [0.2, 0.25) is 0 Å². The molecule has 2 heterocycles. The zero-order chi connectivity index (χ0) is 21.3. The van der Waals surface area contributed by atoms with E-state index in [0.717, 1.165) is 36.1 Å². The van der Waals surface area contributed by atoms with Gasteiger partial charge in [0.25, 0.3) is 11.8 Å². The number of carbonyl (C=O) groups is 4. The van der Waals surface area contributed by atoms with Gasteiger partial charge in [-0.2, -0.15) is 0 Å². The van der Waals surface area contributed by atoms with Gasteiger partial charge in [-0.15, -0.1) is 0 Å². The fraction of sp³-hybridized carbons (Fsp3) is 0.545. The molecule has 2 fully saturated rings. The van der Waals surface area contributed by atoms with Crippen LogP contribution in [0.5, 0.6) is 0 Å². The number of fused-ring (bicyclic) bond motifs is 1. The van der Waals surface area contributed by atoms with Crippen molar-refractivity contribution in [2.24, 2.45) is 5.73 Å². The van der Waals surface area contributed by atoms with E-state index in [2.05, 4.69) is 10.6 Å². The van der Waals surface area contributed by atoms with Crippen molar-refractivity contribution in [2.45, 2.75) is 69.5 Å². The summed E-state index contributed by atoms with van der Waals surface area (Å²) in [7, 11) is 0. The van der Waals surface area contributed by atoms with Gasteiger partial charge in [0.2, 0.25) is 11.8 Å². The highest BCUT2D eigenvalue weighted by atomic mass is 16.2. The van der Waals surface area contributed by atoms with Crippen LogP contribution in [0.25, 0.3) is 0 Å². The van der Waals surface area contributed by atoms with Crippen LogP contribution in [-0.2, 0) is 16.1 Å². The largest absolute Gasteiger partial charge is 0.324 e. The molecule has 0 aromatic heterocycles. The van der Waals surface area contributed by atoms with Crippen molar-refractivity contribution < 1.29 is 19.2 Å². The molecular weight excluding hydrogens is 384 g/mol. The lowest BCUT2D eigenvalue weighted by molar-refractivity contribution is -0.136. The number of benzene rings is 1. The average molecular weight is 412 g/mol. The van der Waals surface area contributed by atoms with Crippen molar-refractivity contribution in [3.8, 4) is 0 Å². The molecule has 2 aliphatic heterocycles. The highest BCUT2D eigenvalue weighted by Gasteiger charge is 2.45. The van der Waals surface area contributed by atoms with E-state index in [4.69, 9.17) is 5.73 Å². The molecule has 4 amide bonds. The quantitative estimate of drug-likeness (QED) is 0.494. The third-order valence-corrected chi connectivity index (χ3v) is 6.45. The summed E-state index contributed by atoms with van der Waals surface area (Å²) in [4.78, 5) is 50.7. The molecule has 1 aliphatic carbocycles. The van der Waals surface area contributed by atoms with Gasteiger partial charge in [-0.1, -0.05) is 37.8 Å². The minimum atomic E-state index is -0.950. The smallest absolute Gasteiger partial charge is 0.262 e. The molecule has 8 nitrogen and oxygen atoms in total. The molecule has 1 saturated heterocycles. The van der Waals surface area contributed by atoms with Gasteiger partial charge in [0.15, 0.2) is 0 Å². The summed E-state index contributed by atoms with van der Waals surface area (Å²) in [5.41, 5.74) is 7.69. The van der Waals surface area contributed by atoms with Crippen molar-refractivity contribution in [1.29, 1.82) is 0 Å². The third-order valence-electron chi connectivity index (χ3n) is 6.45. The molecule has 0 bridgehead atoms. The summed E-state index contributed by atoms with van der Waals surface area (Å²) in [5, 5.41) is 5.60. The molecule has 0 radical (unpaired) electrons. The van der Waals surface area contributed by atoms with Crippen molar-refractivity contribution in [2.75, 3.05) is 6.54 Å². The second kappa shape index (κ2) is 8.28. The normalized spacial score (nSPS) is 23.9. The topological polar surface area (TPSA) is 122 Å². The minimum Gasteiger partial charge on any atom is -0.324 e. The Labute approximate surface area is 175 Å². The first-order chi connectivity index (χ1) is 14.4. The number of amides is 4. The summed E-state index contributed by atoms with van der Waals surface area (Å²) in [6, 6.07) is 4.23. The maximum Gasteiger partial charge on any atom is 0.262 e. The number of nitrogens with two attached hydrogens (primary N) is 1. The van der Waals surface area contributed by atoms with E-state index in [1.165, 1.54) is 12.8 Å². The molecule has 4 rings (SSSR count). The first-order valence-electron chi connectivity index (χ1n) is 10.7. The van der Waals surface area contributed by atoms with Crippen LogP contribution in [0, 0.1) is 0 Å². The molecule has 8 heteroatoms. The number of piperidine rings is 1. The molecular formula is C22H28N4O4. The Morgan fingerprint density at radius 1 is 1.07 bits per heavy atom. The molecule has 3 aliphatic rings. The van der Waals surface area contributed by atoms with Gasteiger partial charge in [0, 0.05) is 25.0 Å². The van der Waals surface area contributed by atoms with E-state index in [1.54, 1.807) is 12.1 Å². The molecule has 1 saturated carbocycles. The first-order valence-corrected chi connectivity index (χ1v) is 10.7. The molecule has 1 aromatic rings. The SMILES string of the molecule is NC1(CNCc2cccc3c2C(=O)N(C2CCC(=O)NC2=O)C3=O)CCCCCC1. The van der Waals surface area contributed by atoms with Crippen LogP contribution in [0.1, 0.15) is 77.6 Å². The molecule has 1 unspecified atom stereocenters. The number of hydrogen-bond donors (Lipinski definition) is 3. The fourth-order valence-electron chi connectivity index (χ4n) is 4.79. The summed E-state index contributed by atoms with van der Waals surface area (Å²) < 4.78 is 0. The van der Waals surface area contributed by atoms with Crippen LogP contribution in [-0.4, -0.2) is 46.7 Å². The fourth-order valence-corrected chi connectivity index (χ4v) is 4.79. The Hall–Kier alpha value is -2.58. The van der Waals surface area contributed by atoms with Gasteiger partial charge in [-0.3, -0.25) is 29.4 Å². The van der Waals surface area contributed by atoms with Crippen LogP contribution in [0.4, 0.5) is 0 Å². The Morgan fingerprint density at radius 2 is 1.80 bits per heavy atom. The van der Waals surface area contributed by atoms with Crippen molar-refractivity contribution in [1.82, 2.24) is 15.5 Å². The van der Waals surface area contributed by atoms with E-state index >= 15 is 0 Å². The van der Waals surface area contributed by atoms with Gasteiger partial charge < -0.3 is 11.1 Å². The van der Waals surface area contributed by atoms with Crippen LogP contribution in [0.15, 0.2) is 18.2 Å². The predicted molar refractivity (Wildman–Crippen MR) is 109 cm³/mol. The lowest BCUT2D eigenvalue weighted by Crippen LogP contribution is -2.54. The predicted octanol–water partition coefficient (Wildman–Crippen LogP) is 1.23. The average Bonchev–Trinajstić information content (AvgIpc) is 2.84. The standard InChI is InChI=1S/C22H28N4O4/c23-22(10-3-1-2-4-11-22)13-24-12-14-6-5-7-15-18(14)21(30)26(20(15)29)16-8-9-17(27)25-19(16)28/h5-7,16,24H,1-4,8-13,23H2,(H,25,27,28). The Kier molecular flexibility index (Phi) is 5.71. The van der Waals surface area contributed by atoms with Gasteiger partial charge in [-0.25, -0.2) is 0 Å². The Balaban J connectivity index is 1.49. The number of hydrogen-bond acceptors (Lipinski definition) is 6. The van der Waals surface area contributed by atoms with Crippen LogP contribution >= 0.6 is 0 Å². The molecule has 1 aromatic carbocycles. The first kappa shape index (κ1) is 20.7. The Morgan fingerprint density at radius 3 is 2.50 bits per heavy atom. The molecule has 4 N–H and O–H groups in total. The second-order valence-electron chi connectivity index (χ2n) is 8.67. The second-order valence-corrected chi connectivity index (χ2v) is 8.67. The monoisotopic (exact) mass is 412 g/mol. The number of rotatable bonds is 5. The lowest BCUT2D eigenvalue weighted by atomic mass is 9.91. The maximum atomic E-state index is 13.1. The summed E-state index contributed by atoms with van der Waals surface area (Å²) >= 11 is 0. The van der Waals surface area contributed by atoms with Crippen LogP contribution in [0.3, 0.4) is 0 Å². The molecule has 0 spiro atoms. The molecule has 30 heavy (non-hydrogen) atoms. The van der Waals surface area contributed by atoms with Gasteiger partial charge >= 0.3 is 0 Å². The highest BCUT2D eigenvalue weighted by Crippen LogP contribution is 2.30. The number of carbonyl (C=O) groups excluding carboxylic acids is 4. The van der Waals surface area contributed by atoms with Gasteiger partial charge in [0.05, 0.1) is 11.1 Å². The lowest BCUT2D eigenvalue weighted by Gasteiger charge is -2.28.